The smallest absolute Gasteiger partial charge is 0.303 e. The number of nitrogens with zero attached hydrogens (tertiary/aromatic N) is 4. The molecule has 2 heterocycles. The molecule has 2 rings (SSSR count). The highest BCUT2D eigenvalue weighted by molar-refractivity contribution is 5.77. The Hall–Kier alpha value is -3.20. The Morgan fingerprint density at radius 1 is 1.08 bits per heavy atom. The number of nitrogens with one attached hydrogen (secondary N) is 1. The summed E-state index contributed by atoms with van der Waals surface area (Å²) in [6.45, 7) is 4.56. The topological polar surface area (TPSA) is 203 Å². The predicted octanol–water partition coefficient (Wildman–Crippen LogP) is -1.55. The van der Waals surface area contributed by atoms with Crippen LogP contribution < -0.4 is 5.32 Å². The molecule has 0 bridgehead atoms. The number of rotatable bonds is 17. The molecule has 1 aromatic heterocycles. The Morgan fingerprint density at radius 2 is 1.72 bits per heavy atom. The maximum Gasteiger partial charge on any atom is 0.303 e. The van der Waals surface area contributed by atoms with Gasteiger partial charge in [0.25, 0.3) is 0 Å². The van der Waals surface area contributed by atoms with Crippen LogP contribution in [0.5, 0.6) is 0 Å². The molecule has 218 valence electrons. The van der Waals surface area contributed by atoms with Gasteiger partial charge < -0.3 is 43.6 Å². The molecule has 0 aromatic carbocycles. The molecule has 5 atom stereocenters. The minimum absolute atomic E-state index is 0.0553. The lowest BCUT2D eigenvalue weighted by atomic mass is 9.98. The van der Waals surface area contributed by atoms with E-state index in [1.54, 1.807) is 12.3 Å². The molecule has 1 aliphatic heterocycles. The van der Waals surface area contributed by atoms with E-state index in [1.165, 1.54) is 25.6 Å². The number of hydrogen-bond donors (Lipinski definition) is 2. The third-order valence-electron chi connectivity index (χ3n) is 5.21. The second kappa shape index (κ2) is 17.4. The first-order valence-electron chi connectivity index (χ1n) is 12.2. The number of esters is 2. The predicted molar refractivity (Wildman–Crippen MR) is 127 cm³/mol. The summed E-state index contributed by atoms with van der Waals surface area (Å²) < 4.78 is 39.1. The molecule has 16 nitrogen and oxygen atoms in total. The minimum Gasteiger partial charge on any atom is -0.457 e. The van der Waals surface area contributed by atoms with Crippen molar-refractivity contribution in [2.45, 2.75) is 64.1 Å². The van der Waals surface area contributed by atoms with E-state index in [1.807, 2.05) is 0 Å². The SMILES string of the molecule is COC1OC(Cn2cc(COCCOCCOCCNC(=O)CC#N)nn2)C(OC(C)=O)C(O)C1OC(C)=O. The second-order valence-corrected chi connectivity index (χ2v) is 8.31. The van der Waals surface area contributed by atoms with Crippen LogP contribution in [0.3, 0.4) is 0 Å². The number of nitriles is 1. The summed E-state index contributed by atoms with van der Waals surface area (Å²) in [6.07, 6.45) is -4.26. The fourth-order valence-electron chi connectivity index (χ4n) is 3.58. The molecular weight excluding hydrogens is 522 g/mol. The largest absolute Gasteiger partial charge is 0.457 e. The number of aromatic nitrogens is 3. The highest BCUT2D eigenvalue weighted by Gasteiger charge is 2.49. The number of carbonyl (C=O) groups excluding carboxylic acids is 3. The van der Waals surface area contributed by atoms with Gasteiger partial charge in [-0.05, 0) is 0 Å². The highest BCUT2D eigenvalue weighted by Crippen LogP contribution is 2.27. The molecule has 1 amide bonds. The number of methoxy groups -OCH3 is 1. The average molecular weight is 558 g/mol. The van der Waals surface area contributed by atoms with Gasteiger partial charge in [-0.2, -0.15) is 5.26 Å². The molecule has 1 aromatic rings. The van der Waals surface area contributed by atoms with Gasteiger partial charge in [-0.15, -0.1) is 5.10 Å². The molecule has 1 fully saturated rings. The normalized spacial score (nSPS) is 22.6. The maximum atomic E-state index is 11.6. The van der Waals surface area contributed by atoms with Gasteiger partial charge in [-0.25, -0.2) is 4.68 Å². The van der Waals surface area contributed by atoms with Gasteiger partial charge in [0.1, 0.15) is 24.3 Å². The van der Waals surface area contributed by atoms with E-state index in [9.17, 15) is 19.5 Å². The lowest BCUT2D eigenvalue weighted by Gasteiger charge is -2.42. The zero-order chi connectivity index (χ0) is 28.6. The van der Waals surface area contributed by atoms with Crippen LogP contribution in [0.4, 0.5) is 0 Å². The van der Waals surface area contributed by atoms with E-state index in [-0.39, 0.29) is 25.5 Å². The first-order chi connectivity index (χ1) is 18.7. The molecule has 0 saturated carbocycles. The first-order valence-corrected chi connectivity index (χ1v) is 12.2. The van der Waals surface area contributed by atoms with E-state index in [2.05, 4.69) is 15.6 Å². The molecule has 0 aliphatic carbocycles. The lowest BCUT2D eigenvalue weighted by Crippen LogP contribution is -2.61. The van der Waals surface area contributed by atoms with Crippen LogP contribution in [-0.2, 0) is 60.7 Å². The maximum absolute atomic E-state index is 11.6. The van der Waals surface area contributed by atoms with Gasteiger partial charge in [0, 0.05) is 27.5 Å². The Morgan fingerprint density at radius 3 is 2.36 bits per heavy atom. The van der Waals surface area contributed by atoms with Crippen LogP contribution in [-0.4, -0.2) is 115 Å². The van der Waals surface area contributed by atoms with E-state index in [0.29, 0.717) is 45.3 Å². The zero-order valence-electron chi connectivity index (χ0n) is 22.1. The Kier molecular flexibility index (Phi) is 14.3. The number of aliphatic hydroxyl groups is 1. The molecule has 1 saturated heterocycles. The van der Waals surface area contributed by atoms with Crippen LogP contribution in [0.15, 0.2) is 6.20 Å². The van der Waals surface area contributed by atoms with Gasteiger partial charge in [0.2, 0.25) is 5.91 Å². The van der Waals surface area contributed by atoms with Crippen LogP contribution >= 0.6 is 0 Å². The van der Waals surface area contributed by atoms with Crippen molar-refractivity contribution >= 4 is 17.8 Å². The third kappa shape index (κ3) is 11.6. The van der Waals surface area contributed by atoms with Crippen LogP contribution in [0.1, 0.15) is 26.0 Å². The summed E-state index contributed by atoms with van der Waals surface area (Å²) in [6, 6.07) is 1.76. The van der Waals surface area contributed by atoms with Gasteiger partial charge in [-0.1, -0.05) is 5.21 Å². The van der Waals surface area contributed by atoms with Crippen molar-refractivity contribution in [3.63, 3.8) is 0 Å². The number of hydrogen-bond acceptors (Lipinski definition) is 14. The fraction of sp³-hybridized carbons (Fsp3) is 0.739. The standard InChI is InChI=1S/C23H35N5O11/c1-15(29)37-21-18(39-23(33-3)22(20(21)32)38-16(2)30)13-28-12-17(26-27-28)14-36-11-10-35-9-8-34-7-6-25-19(31)4-5-24/h12,18,20-23,32H,4,6-11,13-14H2,1-3H3,(H,25,31). The molecule has 39 heavy (non-hydrogen) atoms. The summed E-state index contributed by atoms with van der Waals surface area (Å²) in [5.74, 6) is -1.64. The van der Waals surface area contributed by atoms with Crippen molar-refractivity contribution in [2.24, 2.45) is 0 Å². The van der Waals surface area contributed by atoms with E-state index in [0.717, 1.165) is 0 Å². The van der Waals surface area contributed by atoms with Crippen molar-refractivity contribution in [3.05, 3.63) is 11.9 Å². The van der Waals surface area contributed by atoms with Crippen molar-refractivity contribution < 1.29 is 52.6 Å². The average Bonchev–Trinajstić information content (AvgIpc) is 3.33. The second-order valence-electron chi connectivity index (χ2n) is 8.31. The fourth-order valence-corrected chi connectivity index (χ4v) is 3.58. The molecule has 16 heteroatoms. The quantitative estimate of drug-likeness (QED) is 0.165. The van der Waals surface area contributed by atoms with Crippen molar-refractivity contribution in [2.75, 3.05) is 46.7 Å². The molecule has 0 radical (unpaired) electrons. The third-order valence-corrected chi connectivity index (χ3v) is 5.21. The van der Waals surface area contributed by atoms with E-state index >= 15 is 0 Å². The van der Waals surface area contributed by atoms with Crippen molar-refractivity contribution in [3.8, 4) is 6.07 Å². The lowest BCUT2D eigenvalue weighted by molar-refractivity contribution is -0.297. The van der Waals surface area contributed by atoms with Gasteiger partial charge >= 0.3 is 11.9 Å². The summed E-state index contributed by atoms with van der Waals surface area (Å²) in [5.41, 5.74) is 0.526. The number of amides is 1. The molecule has 2 N–H and O–H groups in total. The van der Waals surface area contributed by atoms with Gasteiger partial charge in [0.15, 0.2) is 18.5 Å². The Labute approximate surface area is 225 Å². The van der Waals surface area contributed by atoms with Crippen LogP contribution in [0.2, 0.25) is 0 Å². The monoisotopic (exact) mass is 557 g/mol. The van der Waals surface area contributed by atoms with Gasteiger partial charge in [0.05, 0.1) is 58.5 Å². The zero-order valence-corrected chi connectivity index (χ0v) is 22.1. The minimum atomic E-state index is -1.39. The summed E-state index contributed by atoms with van der Waals surface area (Å²) >= 11 is 0. The molecule has 1 aliphatic rings. The molecular formula is C23H35N5O11. The molecule has 0 spiro atoms. The number of aliphatic hydroxyl groups excluding tert-OH is 1. The molecule has 5 unspecified atom stereocenters. The van der Waals surface area contributed by atoms with E-state index in [4.69, 9.17) is 38.4 Å². The number of ether oxygens (including phenoxy) is 7. The summed E-state index contributed by atoms with van der Waals surface area (Å²) in [7, 11) is 1.33. The van der Waals surface area contributed by atoms with Gasteiger partial charge in [-0.3, -0.25) is 14.4 Å². The number of carbonyl (C=O) groups is 3. The summed E-state index contributed by atoms with van der Waals surface area (Å²) in [4.78, 5) is 34.2. The van der Waals surface area contributed by atoms with Crippen LogP contribution in [0.25, 0.3) is 0 Å². The summed E-state index contributed by atoms with van der Waals surface area (Å²) in [5, 5.41) is 29.7. The van der Waals surface area contributed by atoms with Crippen molar-refractivity contribution in [1.82, 2.24) is 20.3 Å². The highest BCUT2D eigenvalue weighted by atomic mass is 16.7. The Balaban J connectivity index is 1.71. The van der Waals surface area contributed by atoms with Crippen molar-refractivity contribution in [1.29, 1.82) is 5.26 Å². The van der Waals surface area contributed by atoms with E-state index < -0.39 is 42.6 Å². The van der Waals surface area contributed by atoms with Crippen LogP contribution in [0, 0.1) is 11.3 Å². The first kappa shape index (κ1) is 32.0. The Bertz CT molecular complexity index is 953.